The van der Waals surface area contributed by atoms with E-state index in [0.29, 0.717) is 51.0 Å². The number of hydrogen-bond donors (Lipinski definition) is 4. The molecule has 39 heavy (non-hydrogen) atoms. The number of hydrogen-bond acceptors (Lipinski definition) is 10. The van der Waals surface area contributed by atoms with Gasteiger partial charge < -0.3 is 15.6 Å². The molecule has 4 atom stereocenters. The van der Waals surface area contributed by atoms with Crippen molar-refractivity contribution in [2.75, 3.05) is 19.3 Å². The van der Waals surface area contributed by atoms with Crippen molar-refractivity contribution in [1.82, 2.24) is 14.9 Å². The van der Waals surface area contributed by atoms with Gasteiger partial charge in [-0.3, -0.25) is 10.3 Å². The molecule has 0 aromatic carbocycles. The molecule has 1 unspecified atom stereocenters. The molecule has 2 aromatic rings. The Labute approximate surface area is 252 Å². The molecule has 2 aromatic heterocycles. The highest BCUT2D eigenvalue weighted by Crippen LogP contribution is 2.57. The number of halogens is 1. The van der Waals surface area contributed by atoms with Gasteiger partial charge in [0.2, 0.25) is 5.88 Å². The van der Waals surface area contributed by atoms with Crippen molar-refractivity contribution in [2.45, 2.75) is 75.3 Å². The molecule has 0 amide bonds. The summed E-state index contributed by atoms with van der Waals surface area (Å²) in [6.07, 6.45) is 7.65. The van der Waals surface area contributed by atoms with Crippen molar-refractivity contribution in [3.8, 4) is 11.9 Å². The number of aliphatic hydroxyl groups is 1. The van der Waals surface area contributed by atoms with Crippen molar-refractivity contribution in [3.05, 3.63) is 54.4 Å². The molecule has 8 nitrogen and oxygen atoms in total. The SMILES string of the molecule is C[C@H](Oc1cc(I)nc(C(=N)C2=C(O)[C@@]3(CCC2)CCC(/C=C\S)c2sc(N)c(C#N)c23)n1)[C@@H]1CCCN1C. The van der Waals surface area contributed by atoms with Crippen molar-refractivity contribution in [1.29, 1.82) is 10.7 Å². The van der Waals surface area contributed by atoms with Crippen LogP contribution in [0.5, 0.6) is 5.88 Å². The van der Waals surface area contributed by atoms with Crippen LogP contribution in [0.4, 0.5) is 5.00 Å². The molecule has 11 heteroatoms. The Morgan fingerprint density at radius 2 is 2.21 bits per heavy atom. The van der Waals surface area contributed by atoms with E-state index in [-0.39, 0.29) is 29.3 Å². The van der Waals surface area contributed by atoms with Crippen LogP contribution in [0.3, 0.4) is 0 Å². The number of likely N-dealkylation sites (tertiary alicyclic amines) is 1. The Morgan fingerprint density at radius 1 is 1.41 bits per heavy atom. The molecule has 1 fully saturated rings. The Kier molecular flexibility index (Phi) is 8.29. The van der Waals surface area contributed by atoms with Gasteiger partial charge >= 0.3 is 0 Å². The lowest BCUT2D eigenvalue weighted by molar-refractivity contribution is 0.116. The molecule has 1 spiro atoms. The van der Waals surface area contributed by atoms with E-state index < -0.39 is 5.41 Å². The smallest absolute Gasteiger partial charge is 0.218 e. The van der Waals surface area contributed by atoms with Crippen LogP contribution in [-0.4, -0.2) is 51.4 Å². The molecule has 3 heterocycles. The fourth-order valence-electron chi connectivity index (χ4n) is 6.58. The van der Waals surface area contributed by atoms with Gasteiger partial charge in [-0.25, -0.2) is 4.98 Å². The maximum Gasteiger partial charge on any atom is 0.218 e. The van der Waals surface area contributed by atoms with Gasteiger partial charge in [-0.15, -0.1) is 11.3 Å². The van der Waals surface area contributed by atoms with Gasteiger partial charge in [-0.1, -0.05) is 6.08 Å². The highest BCUT2D eigenvalue weighted by atomic mass is 127. The summed E-state index contributed by atoms with van der Waals surface area (Å²) in [5, 5.41) is 33.2. The van der Waals surface area contributed by atoms with Crippen molar-refractivity contribution in [3.63, 3.8) is 0 Å². The first-order chi connectivity index (χ1) is 18.7. The van der Waals surface area contributed by atoms with E-state index in [4.69, 9.17) is 15.9 Å². The number of nitriles is 1. The fraction of sp³-hybridized carbons (Fsp3) is 0.500. The number of nitrogen functional groups attached to an aromatic ring is 1. The van der Waals surface area contributed by atoms with Gasteiger partial charge in [-0.2, -0.15) is 22.9 Å². The minimum Gasteiger partial charge on any atom is -0.511 e. The number of anilines is 1. The Hall–Kier alpha value is -2.14. The number of fused-ring (bicyclic) bond motifs is 2. The number of thiol groups is 1. The summed E-state index contributed by atoms with van der Waals surface area (Å²) in [5.41, 5.74) is 7.45. The van der Waals surface area contributed by atoms with E-state index in [2.05, 4.69) is 70.1 Å². The van der Waals surface area contributed by atoms with E-state index in [1.807, 2.05) is 6.08 Å². The molecular formula is C28H33IN6O2S2. The second-order valence-electron chi connectivity index (χ2n) is 10.7. The minimum atomic E-state index is -0.752. The van der Waals surface area contributed by atoms with E-state index in [1.165, 1.54) is 11.3 Å². The van der Waals surface area contributed by atoms with Crippen LogP contribution in [0.2, 0.25) is 0 Å². The van der Waals surface area contributed by atoms with E-state index in [9.17, 15) is 10.4 Å². The maximum absolute atomic E-state index is 11.9. The first kappa shape index (κ1) is 28.4. The number of allylic oxidation sites excluding steroid dienone is 3. The lowest BCUT2D eigenvalue weighted by Gasteiger charge is -2.43. The zero-order chi connectivity index (χ0) is 27.9. The number of thiophene rings is 1. The molecule has 1 aliphatic heterocycles. The number of aromatic nitrogens is 2. The zero-order valence-corrected chi connectivity index (χ0v) is 25.9. The van der Waals surface area contributed by atoms with Gasteiger partial charge in [0.05, 0.1) is 11.0 Å². The monoisotopic (exact) mass is 676 g/mol. The van der Waals surface area contributed by atoms with Crippen LogP contribution < -0.4 is 10.5 Å². The zero-order valence-electron chi connectivity index (χ0n) is 22.1. The van der Waals surface area contributed by atoms with Crippen LogP contribution in [0, 0.1) is 20.4 Å². The summed E-state index contributed by atoms with van der Waals surface area (Å²) in [6, 6.07) is 4.41. The number of nitrogens with zero attached hydrogens (tertiary/aromatic N) is 4. The molecule has 0 radical (unpaired) electrons. The third kappa shape index (κ3) is 5.09. The summed E-state index contributed by atoms with van der Waals surface area (Å²) in [4.78, 5) is 12.5. The third-order valence-corrected chi connectivity index (χ3v) is 10.4. The summed E-state index contributed by atoms with van der Waals surface area (Å²) in [6.45, 7) is 3.11. The van der Waals surface area contributed by atoms with Crippen molar-refractivity contribution >= 4 is 57.3 Å². The summed E-state index contributed by atoms with van der Waals surface area (Å²) in [7, 11) is 2.11. The van der Waals surface area contributed by atoms with Crippen LogP contribution in [0.15, 0.2) is 28.9 Å². The number of nitrogens with two attached hydrogens (primary N) is 1. The lowest BCUT2D eigenvalue weighted by Crippen LogP contribution is -2.38. The van der Waals surface area contributed by atoms with Crippen LogP contribution in [-0.2, 0) is 5.41 Å². The standard InChI is InChI=1S/C28H33IN6O2S2/c1-15(19-6-4-11-35(19)2)37-21-13-20(29)33-27(34-21)23(31)17-5-3-9-28(25(17)36)10-7-16(8-12-38)24-22(28)18(14-30)26(32)39-24/h8,12-13,15-16,19,31,36,38H,3-7,9-11,32H2,1-2H3/b12-8-,31-23?/t15-,16?,19-,28-/m0/s1. The first-order valence-electron chi connectivity index (χ1n) is 13.3. The Morgan fingerprint density at radius 3 is 2.90 bits per heavy atom. The van der Waals surface area contributed by atoms with Gasteiger partial charge in [0, 0.05) is 34.0 Å². The summed E-state index contributed by atoms with van der Waals surface area (Å²) >= 11 is 7.82. The Bertz CT molecular complexity index is 1400. The predicted octanol–water partition coefficient (Wildman–Crippen LogP) is 6.08. The highest BCUT2D eigenvalue weighted by Gasteiger charge is 2.49. The maximum atomic E-state index is 11.9. The summed E-state index contributed by atoms with van der Waals surface area (Å²) < 4.78 is 6.92. The van der Waals surface area contributed by atoms with Crippen LogP contribution in [0.25, 0.3) is 0 Å². The molecule has 1 saturated heterocycles. The van der Waals surface area contributed by atoms with Gasteiger partial charge in [0.1, 0.15) is 32.3 Å². The molecule has 5 rings (SSSR count). The number of rotatable bonds is 6. The van der Waals surface area contributed by atoms with E-state index in [1.54, 1.807) is 11.5 Å². The van der Waals surface area contributed by atoms with Gasteiger partial charge in [0.15, 0.2) is 5.82 Å². The third-order valence-electron chi connectivity index (χ3n) is 8.48. The number of ether oxygens (including phenoxy) is 1. The second kappa shape index (κ2) is 11.4. The topological polar surface area (TPSA) is 132 Å². The molecular weight excluding hydrogens is 643 g/mol. The minimum absolute atomic E-state index is 0.0517. The van der Waals surface area contributed by atoms with Crippen LogP contribution >= 0.6 is 46.6 Å². The second-order valence-corrected chi connectivity index (χ2v) is 13.2. The number of likely N-dealkylation sites (N-methyl/N-ethyl adjacent to an activating group) is 1. The largest absolute Gasteiger partial charge is 0.511 e. The lowest BCUT2D eigenvalue weighted by atomic mass is 9.61. The predicted molar refractivity (Wildman–Crippen MR) is 166 cm³/mol. The van der Waals surface area contributed by atoms with Crippen molar-refractivity contribution in [2.24, 2.45) is 0 Å². The molecule has 2 aliphatic carbocycles. The number of aliphatic hydroxyl groups excluding tert-OH is 1. The normalized spacial score (nSPS) is 26.1. The molecule has 0 bridgehead atoms. The molecule has 4 N–H and O–H groups in total. The van der Waals surface area contributed by atoms with Gasteiger partial charge in [0.25, 0.3) is 0 Å². The average Bonchev–Trinajstić information content (AvgIpc) is 3.49. The van der Waals surface area contributed by atoms with Crippen LogP contribution in [0.1, 0.15) is 79.6 Å². The fourth-order valence-corrected chi connectivity index (χ4v) is 8.52. The van der Waals surface area contributed by atoms with E-state index in [0.717, 1.165) is 42.7 Å². The summed E-state index contributed by atoms with van der Waals surface area (Å²) in [5.74, 6) is 0.911. The molecule has 3 aliphatic rings. The molecule has 206 valence electrons. The molecule has 0 saturated carbocycles. The first-order valence-corrected chi connectivity index (χ1v) is 15.7. The van der Waals surface area contributed by atoms with E-state index >= 15 is 0 Å². The van der Waals surface area contributed by atoms with Crippen molar-refractivity contribution < 1.29 is 9.84 Å². The Balaban J connectivity index is 1.52. The average molecular weight is 677 g/mol. The highest BCUT2D eigenvalue weighted by molar-refractivity contribution is 14.1. The quantitative estimate of drug-likeness (QED) is 0.126. The van der Waals surface area contributed by atoms with Gasteiger partial charge in [-0.05, 0) is 93.5 Å². The number of nitrogens with one attached hydrogen (secondary N) is 1.